The van der Waals surface area contributed by atoms with Crippen LogP contribution in [0.25, 0.3) is 22.4 Å². The number of imidazole rings is 1. The van der Waals surface area contributed by atoms with Crippen LogP contribution in [0.4, 0.5) is 5.69 Å². The number of halogens is 2. The summed E-state index contributed by atoms with van der Waals surface area (Å²) in [6.07, 6.45) is 0. The van der Waals surface area contributed by atoms with Crippen LogP contribution >= 0.6 is 27.5 Å². The second kappa shape index (κ2) is 4.88. The standard InChI is InChI=1S/C13H7BrClN3O2/c14-9-5-7(1-3-10(9)15)13-16-11-4-2-8(18(19)20)6-12(11)17-13/h1-6H,(H,16,17). The zero-order valence-corrected chi connectivity index (χ0v) is 12.3. The zero-order valence-electron chi connectivity index (χ0n) is 9.93. The van der Waals surface area contributed by atoms with E-state index in [4.69, 9.17) is 11.6 Å². The summed E-state index contributed by atoms with van der Waals surface area (Å²) in [5, 5.41) is 11.4. The molecule has 0 saturated carbocycles. The summed E-state index contributed by atoms with van der Waals surface area (Å²) in [5.41, 5.74) is 2.18. The molecule has 7 heteroatoms. The number of nitrogens with zero attached hydrogens (tertiary/aromatic N) is 2. The molecule has 0 radical (unpaired) electrons. The molecule has 3 aromatic rings. The minimum Gasteiger partial charge on any atom is -0.338 e. The van der Waals surface area contributed by atoms with Gasteiger partial charge in [0.1, 0.15) is 5.82 Å². The largest absolute Gasteiger partial charge is 0.338 e. The van der Waals surface area contributed by atoms with Crippen molar-refractivity contribution < 1.29 is 4.92 Å². The van der Waals surface area contributed by atoms with Crippen LogP contribution in [-0.2, 0) is 0 Å². The van der Waals surface area contributed by atoms with Crippen molar-refractivity contribution in [3.8, 4) is 11.4 Å². The van der Waals surface area contributed by atoms with Crippen molar-refractivity contribution in [2.75, 3.05) is 0 Å². The van der Waals surface area contributed by atoms with Crippen molar-refractivity contribution >= 4 is 44.3 Å². The van der Waals surface area contributed by atoms with E-state index in [1.54, 1.807) is 12.1 Å². The highest BCUT2D eigenvalue weighted by molar-refractivity contribution is 9.10. The molecule has 0 spiro atoms. The maximum absolute atomic E-state index is 10.8. The number of nitro groups is 1. The van der Waals surface area contributed by atoms with Gasteiger partial charge in [0, 0.05) is 22.2 Å². The van der Waals surface area contributed by atoms with Crippen molar-refractivity contribution in [1.82, 2.24) is 9.97 Å². The maximum Gasteiger partial charge on any atom is 0.271 e. The third kappa shape index (κ3) is 2.28. The molecule has 0 fully saturated rings. The highest BCUT2D eigenvalue weighted by atomic mass is 79.9. The Morgan fingerprint density at radius 1 is 1.25 bits per heavy atom. The Labute approximate surface area is 126 Å². The number of rotatable bonds is 2. The summed E-state index contributed by atoms with van der Waals surface area (Å²) >= 11 is 9.30. The van der Waals surface area contributed by atoms with E-state index in [9.17, 15) is 10.1 Å². The molecular weight excluding hydrogens is 346 g/mol. The van der Waals surface area contributed by atoms with Gasteiger partial charge < -0.3 is 4.98 Å². The number of aromatic amines is 1. The highest BCUT2D eigenvalue weighted by Gasteiger charge is 2.11. The van der Waals surface area contributed by atoms with Gasteiger partial charge in [0.15, 0.2) is 0 Å². The third-order valence-electron chi connectivity index (χ3n) is 2.87. The van der Waals surface area contributed by atoms with E-state index in [2.05, 4.69) is 25.9 Å². The van der Waals surface area contributed by atoms with Gasteiger partial charge in [-0.2, -0.15) is 0 Å². The van der Waals surface area contributed by atoms with Crippen molar-refractivity contribution in [2.24, 2.45) is 0 Å². The Balaban J connectivity index is 2.12. The lowest BCUT2D eigenvalue weighted by Crippen LogP contribution is -1.86. The first-order valence-electron chi connectivity index (χ1n) is 5.64. The summed E-state index contributed by atoms with van der Waals surface area (Å²) in [5.74, 6) is 0.637. The van der Waals surface area contributed by atoms with E-state index in [0.717, 1.165) is 10.0 Å². The second-order valence-electron chi connectivity index (χ2n) is 4.17. The van der Waals surface area contributed by atoms with E-state index in [0.29, 0.717) is 21.9 Å². The summed E-state index contributed by atoms with van der Waals surface area (Å²) in [4.78, 5) is 17.8. The van der Waals surface area contributed by atoms with Gasteiger partial charge in [0.2, 0.25) is 0 Å². The highest BCUT2D eigenvalue weighted by Crippen LogP contribution is 2.29. The van der Waals surface area contributed by atoms with Gasteiger partial charge in [-0.05, 0) is 40.2 Å². The molecule has 0 aliphatic heterocycles. The van der Waals surface area contributed by atoms with Crippen molar-refractivity contribution in [1.29, 1.82) is 0 Å². The summed E-state index contributed by atoms with van der Waals surface area (Å²) < 4.78 is 0.767. The van der Waals surface area contributed by atoms with Gasteiger partial charge in [0.05, 0.1) is 21.0 Å². The first kappa shape index (κ1) is 13.1. The quantitative estimate of drug-likeness (QED) is 0.543. The molecule has 0 aliphatic carbocycles. The minimum atomic E-state index is -0.432. The molecule has 1 aromatic heterocycles. The van der Waals surface area contributed by atoms with Crippen LogP contribution in [-0.4, -0.2) is 14.9 Å². The Morgan fingerprint density at radius 2 is 2.05 bits per heavy atom. The predicted octanol–water partition coefficient (Wildman–Crippen LogP) is 4.55. The van der Waals surface area contributed by atoms with Gasteiger partial charge in [-0.25, -0.2) is 4.98 Å². The number of hydrogen-bond donors (Lipinski definition) is 1. The van der Waals surface area contributed by atoms with Gasteiger partial charge in [0.25, 0.3) is 5.69 Å². The molecule has 5 nitrogen and oxygen atoms in total. The Kier molecular flexibility index (Phi) is 3.19. The van der Waals surface area contributed by atoms with Crippen LogP contribution in [0.2, 0.25) is 5.02 Å². The molecule has 100 valence electrons. The van der Waals surface area contributed by atoms with Crippen LogP contribution in [0.5, 0.6) is 0 Å². The minimum absolute atomic E-state index is 0.0324. The lowest BCUT2D eigenvalue weighted by atomic mass is 10.2. The molecule has 3 rings (SSSR count). The average Bonchev–Trinajstić information content (AvgIpc) is 2.84. The fourth-order valence-corrected chi connectivity index (χ4v) is 2.39. The van der Waals surface area contributed by atoms with Crippen molar-refractivity contribution in [2.45, 2.75) is 0 Å². The SMILES string of the molecule is O=[N+]([O-])c1ccc2nc(-c3ccc(Cl)c(Br)c3)[nH]c2c1. The maximum atomic E-state index is 10.8. The van der Waals surface area contributed by atoms with Gasteiger partial charge >= 0.3 is 0 Å². The number of nitrogens with one attached hydrogen (secondary N) is 1. The van der Waals surface area contributed by atoms with Crippen molar-refractivity contribution in [3.05, 3.63) is 56.0 Å². The first-order valence-corrected chi connectivity index (χ1v) is 6.81. The predicted molar refractivity (Wildman–Crippen MR) is 80.9 cm³/mol. The van der Waals surface area contributed by atoms with Crippen LogP contribution in [0.3, 0.4) is 0 Å². The van der Waals surface area contributed by atoms with E-state index in [-0.39, 0.29) is 5.69 Å². The number of H-pyrrole nitrogens is 1. The molecule has 1 N–H and O–H groups in total. The number of fused-ring (bicyclic) bond motifs is 1. The third-order valence-corrected chi connectivity index (χ3v) is 4.08. The lowest BCUT2D eigenvalue weighted by Gasteiger charge is -1.99. The van der Waals surface area contributed by atoms with Crippen molar-refractivity contribution in [3.63, 3.8) is 0 Å². The topological polar surface area (TPSA) is 71.8 Å². The molecule has 20 heavy (non-hydrogen) atoms. The number of hydrogen-bond acceptors (Lipinski definition) is 3. The molecule has 1 heterocycles. The van der Waals surface area contributed by atoms with Gasteiger partial charge in [-0.15, -0.1) is 0 Å². The lowest BCUT2D eigenvalue weighted by molar-refractivity contribution is -0.384. The molecule has 0 saturated heterocycles. The second-order valence-corrected chi connectivity index (χ2v) is 5.43. The van der Waals surface area contributed by atoms with E-state index < -0.39 is 4.92 Å². The fourth-order valence-electron chi connectivity index (χ4n) is 1.89. The zero-order chi connectivity index (χ0) is 14.3. The summed E-state index contributed by atoms with van der Waals surface area (Å²) in [6, 6.07) is 9.96. The first-order chi connectivity index (χ1) is 9.54. The Bertz CT molecular complexity index is 832. The molecule has 0 unspecified atom stereocenters. The van der Waals surface area contributed by atoms with Crippen LogP contribution in [0.15, 0.2) is 40.9 Å². The Morgan fingerprint density at radius 3 is 2.75 bits per heavy atom. The van der Waals surface area contributed by atoms with Crippen LogP contribution in [0.1, 0.15) is 0 Å². The molecular formula is C13H7BrClN3O2. The van der Waals surface area contributed by atoms with E-state index in [1.807, 2.05) is 12.1 Å². The fraction of sp³-hybridized carbons (Fsp3) is 0. The van der Waals surface area contributed by atoms with Crippen LogP contribution in [0, 0.1) is 10.1 Å². The van der Waals surface area contributed by atoms with E-state index in [1.165, 1.54) is 12.1 Å². The van der Waals surface area contributed by atoms with Crippen LogP contribution < -0.4 is 0 Å². The normalized spacial score (nSPS) is 10.9. The number of aromatic nitrogens is 2. The molecule has 0 aliphatic rings. The molecule has 0 amide bonds. The smallest absolute Gasteiger partial charge is 0.271 e. The van der Waals surface area contributed by atoms with Gasteiger partial charge in [-0.3, -0.25) is 10.1 Å². The summed E-state index contributed by atoms with van der Waals surface area (Å²) in [6.45, 7) is 0. The number of nitro benzene ring substituents is 1. The average molecular weight is 353 g/mol. The monoisotopic (exact) mass is 351 g/mol. The molecule has 0 bridgehead atoms. The number of benzene rings is 2. The Hall–Kier alpha value is -1.92. The van der Waals surface area contributed by atoms with Gasteiger partial charge in [-0.1, -0.05) is 11.6 Å². The molecule has 2 aromatic carbocycles. The summed E-state index contributed by atoms with van der Waals surface area (Å²) in [7, 11) is 0. The number of non-ortho nitro benzene ring substituents is 1. The van der Waals surface area contributed by atoms with E-state index >= 15 is 0 Å². The molecule has 0 atom stereocenters.